The average Bonchev–Trinajstić information content (AvgIpc) is 3.64. The van der Waals surface area contributed by atoms with Gasteiger partial charge in [-0.2, -0.15) is 0 Å². The van der Waals surface area contributed by atoms with E-state index in [2.05, 4.69) is 247 Å². The number of benzene rings is 8. The molecular formula is C60H52N2. The van der Waals surface area contributed by atoms with Gasteiger partial charge in [0.15, 0.2) is 0 Å². The van der Waals surface area contributed by atoms with E-state index in [1.807, 2.05) is 0 Å². The molecule has 0 atom stereocenters. The van der Waals surface area contributed by atoms with Crippen LogP contribution in [-0.2, 0) is 10.8 Å². The molecule has 0 N–H and O–H groups in total. The highest BCUT2D eigenvalue weighted by Crippen LogP contribution is 2.52. The van der Waals surface area contributed by atoms with Gasteiger partial charge in [-0.1, -0.05) is 135 Å². The predicted octanol–water partition coefficient (Wildman–Crippen LogP) is 15.9. The number of fused-ring (bicyclic) bond motifs is 6. The van der Waals surface area contributed by atoms with Crippen LogP contribution in [0.3, 0.4) is 0 Å². The van der Waals surface area contributed by atoms with Crippen molar-refractivity contribution in [1.82, 2.24) is 0 Å². The van der Waals surface area contributed by atoms with Crippen molar-refractivity contribution in [2.24, 2.45) is 0 Å². The standard InChI is InChI=1S/C60H52N2/c1-39-9-21-45(22-10-39)61(46-23-11-40(2)12-24-46)49-29-33-53-51-31-19-43(35-55(51)59(5,6)57(53)37-49)17-18-44-20-32-52-54-34-30-50(38-58(54)60(7,8)56(52)36-44)62(47-25-13-41(3)14-26-47)48-27-15-42(4)16-28-48/h9-16,19-38H,1-8H3. The Morgan fingerprint density at radius 3 is 0.823 bits per heavy atom. The van der Waals surface area contributed by atoms with Gasteiger partial charge in [0.1, 0.15) is 0 Å². The van der Waals surface area contributed by atoms with Gasteiger partial charge in [0.05, 0.1) is 0 Å². The first kappa shape index (κ1) is 39.1. The molecule has 2 heteroatoms. The second kappa shape index (κ2) is 14.8. The van der Waals surface area contributed by atoms with E-state index in [1.165, 1.54) is 66.8 Å². The Kier molecular flexibility index (Phi) is 9.35. The number of rotatable bonds is 6. The van der Waals surface area contributed by atoms with E-state index >= 15 is 0 Å². The summed E-state index contributed by atoms with van der Waals surface area (Å²) in [7, 11) is 0. The van der Waals surface area contributed by atoms with E-state index in [9.17, 15) is 0 Å². The van der Waals surface area contributed by atoms with Gasteiger partial charge in [-0.05, 0) is 169 Å². The van der Waals surface area contributed by atoms with Crippen molar-refractivity contribution >= 4 is 34.1 Å². The maximum atomic E-state index is 3.58. The summed E-state index contributed by atoms with van der Waals surface area (Å²) in [4.78, 5) is 4.74. The summed E-state index contributed by atoms with van der Waals surface area (Å²) >= 11 is 0. The highest BCUT2D eigenvalue weighted by atomic mass is 15.1. The van der Waals surface area contributed by atoms with Crippen molar-refractivity contribution < 1.29 is 0 Å². The quantitative estimate of drug-likeness (QED) is 0.155. The predicted molar refractivity (Wildman–Crippen MR) is 262 cm³/mol. The smallest absolute Gasteiger partial charge is 0.0465 e. The van der Waals surface area contributed by atoms with Crippen LogP contribution in [0, 0.1) is 39.5 Å². The number of nitrogens with zero attached hydrogens (tertiary/aromatic N) is 2. The zero-order valence-electron chi connectivity index (χ0n) is 37.1. The summed E-state index contributed by atoms with van der Waals surface area (Å²) in [6.45, 7) is 18.0. The van der Waals surface area contributed by atoms with Gasteiger partial charge < -0.3 is 9.80 Å². The van der Waals surface area contributed by atoms with Gasteiger partial charge in [0.25, 0.3) is 0 Å². The van der Waals surface area contributed by atoms with Crippen molar-refractivity contribution in [2.45, 2.75) is 66.2 Å². The first-order chi connectivity index (χ1) is 29.8. The summed E-state index contributed by atoms with van der Waals surface area (Å²) in [5, 5.41) is 0. The van der Waals surface area contributed by atoms with E-state index in [-0.39, 0.29) is 10.8 Å². The minimum Gasteiger partial charge on any atom is -0.310 e. The Labute approximate surface area is 368 Å². The minimum absolute atomic E-state index is 0.193. The maximum absolute atomic E-state index is 3.58. The molecule has 0 saturated heterocycles. The third kappa shape index (κ3) is 6.70. The summed E-state index contributed by atoms with van der Waals surface area (Å²) in [5.41, 5.74) is 24.1. The Bertz CT molecular complexity index is 2780. The molecule has 8 aromatic carbocycles. The van der Waals surface area contributed by atoms with Crippen molar-refractivity contribution in [2.75, 3.05) is 9.80 Å². The van der Waals surface area contributed by atoms with Gasteiger partial charge in [-0.15, -0.1) is 0 Å². The molecule has 0 radical (unpaired) electrons. The van der Waals surface area contributed by atoms with Gasteiger partial charge >= 0.3 is 0 Å². The van der Waals surface area contributed by atoms with E-state index in [1.54, 1.807) is 0 Å². The van der Waals surface area contributed by atoms with Crippen molar-refractivity contribution in [1.29, 1.82) is 0 Å². The highest BCUT2D eigenvalue weighted by Gasteiger charge is 2.37. The Morgan fingerprint density at radius 1 is 0.290 bits per heavy atom. The van der Waals surface area contributed by atoms with Crippen molar-refractivity contribution in [3.63, 3.8) is 0 Å². The molecule has 0 aromatic heterocycles. The average molecular weight is 801 g/mol. The Morgan fingerprint density at radius 2 is 0.532 bits per heavy atom. The van der Waals surface area contributed by atoms with Crippen LogP contribution in [0.15, 0.2) is 170 Å². The molecule has 302 valence electrons. The number of hydrogen-bond acceptors (Lipinski definition) is 2. The normalized spacial score (nSPS) is 13.6. The lowest BCUT2D eigenvalue weighted by Gasteiger charge is -2.28. The zero-order chi connectivity index (χ0) is 42.9. The van der Waals surface area contributed by atoms with Crippen LogP contribution in [0.1, 0.15) is 83.3 Å². The second-order valence-corrected chi connectivity index (χ2v) is 18.5. The largest absolute Gasteiger partial charge is 0.310 e. The van der Waals surface area contributed by atoms with Crippen LogP contribution in [0.25, 0.3) is 22.3 Å². The highest BCUT2D eigenvalue weighted by molar-refractivity contribution is 5.88. The molecule has 0 fully saturated rings. The van der Waals surface area contributed by atoms with E-state index in [0.29, 0.717) is 0 Å². The Hall–Kier alpha value is -7.08. The first-order valence-electron chi connectivity index (χ1n) is 21.8. The van der Waals surface area contributed by atoms with Crippen molar-refractivity contribution in [3.05, 3.63) is 225 Å². The van der Waals surface area contributed by atoms with Gasteiger partial charge in [0.2, 0.25) is 0 Å². The molecule has 0 amide bonds. The van der Waals surface area contributed by atoms with E-state index < -0.39 is 0 Å². The topological polar surface area (TPSA) is 6.48 Å². The summed E-state index contributed by atoms with van der Waals surface area (Å²) in [6, 6.07) is 62.9. The molecule has 8 aromatic rings. The molecule has 2 nitrogen and oxygen atoms in total. The summed E-state index contributed by atoms with van der Waals surface area (Å²) in [6.07, 6.45) is 0. The fraction of sp³-hybridized carbons (Fsp3) is 0.167. The van der Waals surface area contributed by atoms with Crippen LogP contribution in [0.2, 0.25) is 0 Å². The van der Waals surface area contributed by atoms with Gasteiger partial charge in [0, 0.05) is 56.1 Å². The summed E-state index contributed by atoms with van der Waals surface area (Å²) in [5.74, 6) is 7.16. The third-order valence-electron chi connectivity index (χ3n) is 13.4. The molecule has 2 aliphatic rings. The number of aryl methyl sites for hydroxylation is 4. The number of anilines is 6. The molecule has 2 aliphatic carbocycles. The van der Waals surface area contributed by atoms with E-state index in [0.717, 1.165) is 45.3 Å². The molecule has 0 spiro atoms. The fourth-order valence-corrected chi connectivity index (χ4v) is 9.70. The van der Waals surface area contributed by atoms with E-state index in [4.69, 9.17) is 0 Å². The number of hydrogen-bond donors (Lipinski definition) is 0. The lowest BCUT2D eigenvalue weighted by Crippen LogP contribution is -2.17. The molecule has 0 unspecified atom stereocenters. The van der Waals surface area contributed by atoms with Crippen LogP contribution in [-0.4, -0.2) is 0 Å². The zero-order valence-corrected chi connectivity index (χ0v) is 37.1. The molecule has 0 aliphatic heterocycles. The monoisotopic (exact) mass is 800 g/mol. The Balaban J connectivity index is 0.950. The molecule has 0 saturated carbocycles. The lowest BCUT2D eigenvalue weighted by molar-refractivity contribution is 0.660. The minimum atomic E-state index is -0.193. The maximum Gasteiger partial charge on any atom is 0.0465 e. The van der Waals surface area contributed by atoms with Crippen molar-refractivity contribution in [3.8, 4) is 34.1 Å². The van der Waals surface area contributed by atoms with Crippen LogP contribution >= 0.6 is 0 Å². The summed E-state index contributed by atoms with van der Waals surface area (Å²) < 4.78 is 0. The SMILES string of the molecule is Cc1ccc(N(c2ccc(C)cc2)c2ccc3c(c2)C(C)(C)c2cc(C#Cc4ccc5c(c4)C(C)(C)c4cc(N(c6ccc(C)cc6)c6ccc(C)cc6)ccc4-5)ccc2-3)cc1. The van der Waals surface area contributed by atoms with Crippen LogP contribution in [0.5, 0.6) is 0 Å². The fourth-order valence-electron chi connectivity index (χ4n) is 9.70. The van der Waals surface area contributed by atoms with Crippen LogP contribution < -0.4 is 9.80 Å². The molecule has 0 heterocycles. The second-order valence-electron chi connectivity index (χ2n) is 18.5. The molecule has 10 rings (SSSR count). The molecule has 0 bridgehead atoms. The molecular weight excluding hydrogens is 749 g/mol. The third-order valence-corrected chi connectivity index (χ3v) is 13.4. The molecule has 62 heavy (non-hydrogen) atoms. The first-order valence-corrected chi connectivity index (χ1v) is 21.8. The van der Waals surface area contributed by atoms with Gasteiger partial charge in [-0.3, -0.25) is 0 Å². The van der Waals surface area contributed by atoms with Gasteiger partial charge in [-0.25, -0.2) is 0 Å². The lowest BCUT2D eigenvalue weighted by atomic mass is 9.81. The van der Waals surface area contributed by atoms with Crippen LogP contribution in [0.4, 0.5) is 34.1 Å².